The van der Waals surface area contributed by atoms with Gasteiger partial charge in [0.1, 0.15) is 24.6 Å². The Hall–Kier alpha value is -1.81. The van der Waals surface area contributed by atoms with Gasteiger partial charge in [0.2, 0.25) is 5.88 Å². The quantitative estimate of drug-likeness (QED) is 0.549. The van der Waals surface area contributed by atoms with Gasteiger partial charge in [0, 0.05) is 0 Å². The first-order valence-corrected chi connectivity index (χ1v) is 6.57. The second-order valence-corrected chi connectivity index (χ2v) is 4.96. The molecule has 9 heteroatoms. The minimum atomic E-state index is -1.32. The van der Waals surface area contributed by atoms with Gasteiger partial charge in [-0.3, -0.25) is 4.57 Å². The van der Waals surface area contributed by atoms with Gasteiger partial charge in [-0.2, -0.15) is 4.98 Å². The Morgan fingerprint density at radius 1 is 1.33 bits per heavy atom. The predicted octanol–water partition coefficient (Wildman–Crippen LogP) is -1.29. The summed E-state index contributed by atoms with van der Waals surface area (Å²) in [5, 5.41) is 39.3. The van der Waals surface area contributed by atoms with Crippen LogP contribution in [0.15, 0.2) is 12.7 Å². The van der Waals surface area contributed by atoms with Crippen LogP contribution in [-0.4, -0.2) is 64.9 Å². The van der Waals surface area contributed by atoms with Gasteiger partial charge in [-0.1, -0.05) is 6.92 Å². The number of aromatic hydroxyl groups is 1. The van der Waals surface area contributed by atoms with E-state index in [9.17, 15) is 20.4 Å². The summed E-state index contributed by atoms with van der Waals surface area (Å²) >= 11 is 0. The second-order valence-electron chi connectivity index (χ2n) is 4.96. The predicted molar refractivity (Wildman–Crippen MR) is 69.2 cm³/mol. The van der Waals surface area contributed by atoms with E-state index >= 15 is 0 Å². The van der Waals surface area contributed by atoms with E-state index in [0.717, 1.165) is 0 Å². The third kappa shape index (κ3) is 1.82. The lowest BCUT2D eigenvalue weighted by atomic mass is 10.00. The van der Waals surface area contributed by atoms with Crippen LogP contribution in [0.3, 0.4) is 0 Å². The molecule has 3 rings (SSSR count). The number of hydrogen-bond donors (Lipinski definition) is 4. The van der Waals surface area contributed by atoms with Crippen LogP contribution < -0.4 is 0 Å². The van der Waals surface area contributed by atoms with Crippen molar-refractivity contribution in [3.8, 4) is 5.88 Å². The molecule has 0 radical (unpaired) electrons. The van der Waals surface area contributed by atoms with E-state index in [2.05, 4.69) is 15.0 Å². The minimum absolute atomic E-state index is 0.170. The molecule has 1 aliphatic heterocycles. The molecule has 0 aliphatic carbocycles. The number of ether oxygens (including phenoxy) is 1. The van der Waals surface area contributed by atoms with Crippen molar-refractivity contribution in [2.75, 3.05) is 6.61 Å². The van der Waals surface area contributed by atoms with Crippen LogP contribution in [0.25, 0.3) is 11.2 Å². The molecule has 0 aromatic carbocycles. The normalized spacial score (nSPS) is 32.9. The molecule has 1 saturated heterocycles. The Bertz CT molecular complexity index is 662. The summed E-state index contributed by atoms with van der Waals surface area (Å²) in [4.78, 5) is 11.7. The lowest BCUT2D eigenvalue weighted by Gasteiger charge is -2.32. The van der Waals surface area contributed by atoms with Crippen LogP contribution in [0.4, 0.5) is 0 Å². The summed E-state index contributed by atoms with van der Waals surface area (Å²) in [6.45, 7) is 1.34. The van der Waals surface area contributed by atoms with E-state index in [1.165, 1.54) is 17.2 Å². The maximum absolute atomic E-state index is 10.4. The molecule has 0 amide bonds. The van der Waals surface area contributed by atoms with Crippen molar-refractivity contribution in [1.82, 2.24) is 19.5 Å². The molecule has 0 spiro atoms. The van der Waals surface area contributed by atoms with Gasteiger partial charge in [0.25, 0.3) is 0 Å². The molecule has 9 nitrogen and oxygen atoms in total. The van der Waals surface area contributed by atoms with Crippen LogP contribution in [0.2, 0.25) is 0 Å². The Kier molecular flexibility index (Phi) is 3.29. The van der Waals surface area contributed by atoms with Gasteiger partial charge in [-0.05, 0) is 6.42 Å². The van der Waals surface area contributed by atoms with Crippen LogP contribution in [0.5, 0.6) is 5.88 Å². The number of aromatic nitrogens is 4. The molecular formula is C12H16N4O5. The summed E-state index contributed by atoms with van der Waals surface area (Å²) in [5.74, 6) is -0.281. The van der Waals surface area contributed by atoms with Gasteiger partial charge in [0.15, 0.2) is 16.9 Å². The van der Waals surface area contributed by atoms with Gasteiger partial charge in [0.05, 0.1) is 12.9 Å². The zero-order valence-corrected chi connectivity index (χ0v) is 11.3. The fourth-order valence-electron chi connectivity index (χ4n) is 2.78. The Morgan fingerprint density at radius 2 is 2.10 bits per heavy atom. The van der Waals surface area contributed by atoms with Crippen LogP contribution in [0, 0.1) is 0 Å². The highest BCUT2D eigenvalue weighted by Crippen LogP contribution is 2.40. The SMILES string of the molecule is CC[C@@]1(n2cnc3c(O)ncnc32)O[C@H](CO)[C@@H](O)[C@H]1O. The summed E-state index contributed by atoms with van der Waals surface area (Å²) in [5.41, 5.74) is -0.875. The Labute approximate surface area is 119 Å². The summed E-state index contributed by atoms with van der Waals surface area (Å²) in [6.07, 6.45) is -0.582. The monoisotopic (exact) mass is 296 g/mol. The Morgan fingerprint density at radius 3 is 2.71 bits per heavy atom. The van der Waals surface area contributed by atoms with Gasteiger partial charge in [-0.25, -0.2) is 9.97 Å². The molecule has 2 aromatic heterocycles. The van der Waals surface area contributed by atoms with Crippen molar-refractivity contribution in [2.45, 2.75) is 37.4 Å². The molecule has 114 valence electrons. The molecule has 3 heterocycles. The average molecular weight is 296 g/mol. The molecule has 0 saturated carbocycles. The highest BCUT2D eigenvalue weighted by molar-refractivity contribution is 5.75. The lowest BCUT2D eigenvalue weighted by Crippen LogP contribution is -2.45. The number of aliphatic hydroxyl groups excluding tert-OH is 3. The van der Waals surface area contributed by atoms with Crippen LogP contribution >= 0.6 is 0 Å². The van der Waals surface area contributed by atoms with E-state index < -0.39 is 30.6 Å². The van der Waals surface area contributed by atoms with E-state index in [1.54, 1.807) is 6.92 Å². The van der Waals surface area contributed by atoms with Gasteiger partial charge < -0.3 is 25.2 Å². The van der Waals surface area contributed by atoms with Crippen molar-refractivity contribution < 1.29 is 25.2 Å². The zero-order chi connectivity index (χ0) is 15.2. The Balaban J connectivity index is 2.17. The molecule has 1 fully saturated rings. The minimum Gasteiger partial charge on any atom is -0.492 e. The van der Waals surface area contributed by atoms with Gasteiger partial charge in [-0.15, -0.1) is 0 Å². The van der Waals surface area contributed by atoms with Crippen molar-refractivity contribution in [3.63, 3.8) is 0 Å². The number of imidazole rings is 1. The molecule has 2 aromatic rings. The van der Waals surface area contributed by atoms with Crippen LogP contribution in [-0.2, 0) is 10.5 Å². The highest BCUT2D eigenvalue weighted by atomic mass is 16.6. The van der Waals surface area contributed by atoms with E-state index in [4.69, 9.17) is 4.74 Å². The molecule has 0 bridgehead atoms. The first-order chi connectivity index (χ1) is 10.0. The lowest BCUT2D eigenvalue weighted by molar-refractivity contribution is -0.147. The zero-order valence-electron chi connectivity index (χ0n) is 11.3. The molecule has 4 atom stereocenters. The molecule has 4 N–H and O–H groups in total. The van der Waals surface area contributed by atoms with Crippen molar-refractivity contribution in [3.05, 3.63) is 12.7 Å². The first kappa shape index (κ1) is 14.1. The van der Waals surface area contributed by atoms with Crippen molar-refractivity contribution in [2.24, 2.45) is 0 Å². The topological polar surface area (TPSA) is 134 Å². The average Bonchev–Trinajstić information content (AvgIpc) is 3.03. The summed E-state index contributed by atoms with van der Waals surface area (Å²) < 4.78 is 7.15. The van der Waals surface area contributed by atoms with Crippen molar-refractivity contribution in [1.29, 1.82) is 0 Å². The maximum atomic E-state index is 10.4. The van der Waals surface area contributed by atoms with E-state index in [-0.39, 0.29) is 17.0 Å². The molecule has 0 unspecified atom stereocenters. The van der Waals surface area contributed by atoms with Crippen LogP contribution in [0.1, 0.15) is 13.3 Å². The standard InChI is InChI=1S/C12H16N4O5/c1-2-12(9(19)8(18)6(3-17)21-12)16-5-15-7-10(16)13-4-14-11(7)20/h4-6,8-9,17-19H,2-3H2,1H3,(H,13,14,20)/t6-,8-,9-,12-/m1/s1. The number of rotatable bonds is 3. The second kappa shape index (κ2) is 4.88. The third-order valence-electron chi connectivity index (χ3n) is 3.93. The number of aliphatic hydroxyl groups is 3. The fraction of sp³-hybridized carbons (Fsp3) is 0.583. The summed E-state index contributed by atoms with van der Waals surface area (Å²) in [7, 11) is 0. The van der Waals surface area contributed by atoms with Crippen molar-refractivity contribution >= 4 is 11.2 Å². The smallest absolute Gasteiger partial charge is 0.242 e. The first-order valence-electron chi connectivity index (χ1n) is 6.57. The molecule has 1 aliphatic rings. The molecule has 21 heavy (non-hydrogen) atoms. The maximum Gasteiger partial charge on any atom is 0.242 e. The third-order valence-corrected chi connectivity index (χ3v) is 3.93. The summed E-state index contributed by atoms with van der Waals surface area (Å²) in [6, 6.07) is 0. The van der Waals surface area contributed by atoms with E-state index in [0.29, 0.717) is 6.42 Å². The van der Waals surface area contributed by atoms with Gasteiger partial charge >= 0.3 is 0 Å². The van der Waals surface area contributed by atoms with E-state index in [1.807, 2.05) is 0 Å². The number of fused-ring (bicyclic) bond motifs is 1. The number of nitrogens with zero attached hydrogens (tertiary/aromatic N) is 4. The highest BCUT2D eigenvalue weighted by Gasteiger charge is 2.54. The fourth-order valence-corrected chi connectivity index (χ4v) is 2.78. The largest absolute Gasteiger partial charge is 0.492 e. The number of hydrogen-bond acceptors (Lipinski definition) is 8. The molecular weight excluding hydrogens is 280 g/mol.